The van der Waals surface area contributed by atoms with E-state index in [2.05, 4.69) is 33.1 Å². The minimum Gasteiger partial charge on any atom is -0.351 e. The van der Waals surface area contributed by atoms with E-state index in [0.29, 0.717) is 12.1 Å². The Bertz CT molecular complexity index is 616. The molecule has 116 valence electrons. The molecule has 0 bridgehead atoms. The number of carbonyl (C=O) groups is 1. The van der Waals surface area contributed by atoms with Gasteiger partial charge in [0.15, 0.2) is 0 Å². The van der Waals surface area contributed by atoms with Crippen LogP contribution in [0.15, 0.2) is 30.6 Å². The number of piperidine rings is 1. The topological polar surface area (TPSA) is 84.7 Å². The monoisotopic (exact) mass is 300 g/mol. The summed E-state index contributed by atoms with van der Waals surface area (Å²) in [4.78, 5) is 12.3. The maximum Gasteiger partial charge on any atom is 0.251 e. The first-order valence-electron chi connectivity index (χ1n) is 7.49. The van der Waals surface area contributed by atoms with Crippen molar-refractivity contribution in [2.75, 3.05) is 19.6 Å². The number of amides is 1. The summed E-state index contributed by atoms with van der Waals surface area (Å²) >= 11 is 0. The maximum absolute atomic E-state index is 12.3. The van der Waals surface area contributed by atoms with Crippen molar-refractivity contribution in [3.8, 4) is 5.69 Å². The highest BCUT2D eigenvalue weighted by Crippen LogP contribution is 2.26. The highest BCUT2D eigenvalue weighted by atomic mass is 16.1. The summed E-state index contributed by atoms with van der Waals surface area (Å²) in [6.07, 6.45) is 3.70. The summed E-state index contributed by atoms with van der Waals surface area (Å²) in [5.74, 6) is -0.0389. The van der Waals surface area contributed by atoms with Crippen molar-refractivity contribution < 1.29 is 4.79 Å². The number of carbonyl (C=O) groups excluding carboxylic acids is 1. The molecule has 2 heterocycles. The molecule has 7 nitrogen and oxygen atoms in total. The van der Waals surface area contributed by atoms with Gasteiger partial charge in [0.05, 0.1) is 5.69 Å². The van der Waals surface area contributed by atoms with Crippen LogP contribution in [-0.4, -0.2) is 45.7 Å². The van der Waals surface area contributed by atoms with Gasteiger partial charge < -0.3 is 10.6 Å². The van der Waals surface area contributed by atoms with Crippen LogP contribution in [0.4, 0.5) is 0 Å². The third-order valence-corrected chi connectivity index (χ3v) is 4.23. The van der Waals surface area contributed by atoms with E-state index in [0.717, 1.165) is 31.6 Å². The molecular weight excluding hydrogens is 280 g/mol. The van der Waals surface area contributed by atoms with Crippen molar-refractivity contribution in [1.29, 1.82) is 0 Å². The van der Waals surface area contributed by atoms with Crippen LogP contribution in [0.2, 0.25) is 0 Å². The number of hydrogen-bond acceptors (Lipinski definition) is 5. The third kappa shape index (κ3) is 3.30. The van der Waals surface area contributed by atoms with Gasteiger partial charge in [0.2, 0.25) is 0 Å². The summed E-state index contributed by atoms with van der Waals surface area (Å²) in [6, 6.07) is 7.24. The Morgan fingerprint density at radius 3 is 2.68 bits per heavy atom. The summed E-state index contributed by atoms with van der Waals surface area (Å²) in [5.41, 5.74) is 1.66. The fourth-order valence-electron chi connectivity index (χ4n) is 2.65. The Morgan fingerprint density at radius 2 is 2.05 bits per heavy atom. The number of aromatic nitrogens is 4. The molecule has 1 fully saturated rings. The Labute approximate surface area is 129 Å². The van der Waals surface area contributed by atoms with Crippen molar-refractivity contribution in [3.63, 3.8) is 0 Å². The van der Waals surface area contributed by atoms with E-state index >= 15 is 0 Å². The van der Waals surface area contributed by atoms with Gasteiger partial charge in [0, 0.05) is 12.1 Å². The van der Waals surface area contributed by atoms with Crippen molar-refractivity contribution in [1.82, 2.24) is 30.8 Å². The number of tetrazole rings is 1. The minimum absolute atomic E-state index is 0.0389. The van der Waals surface area contributed by atoms with Crippen LogP contribution >= 0.6 is 0 Å². The SMILES string of the molecule is CC1(CNC(=O)c2ccc(-n3cnnn3)cc2)CCNCC1. The lowest BCUT2D eigenvalue weighted by atomic mass is 9.81. The van der Waals surface area contributed by atoms with Crippen molar-refractivity contribution in [2.24, 2.45) is 5.41 Å². The zero-order chi connectivity index (χ0) is 15.4. The highest BCUT2D eigenvalue weighted by molar-refractivity contribution is 5.94. The highest BCUT2D eigenvalue weighted by Gasteiger charge is 2.27. The molecule has 0 saturated carbocycles. The number of nitrogens with zero attached hydrogens (tertiary/aromatic N) is 4. The largest absolute Gasteiger partial charge is 0.351 e. The first kappa shape index (κ1) is 14.6. The number of hydrogen-bond donors (Lipinski definition) is 2. The van der Waals surface area contributed by atoms with Gasteiger partial charge in [-0.3, -0.25) is 4.79 Å². The van der Waals surface area contributed by atoms with Gasteiger partial charge in [-0.2, -0.15) is 0 Å². The van der Waals surface area contributed by atoms with Gasteiger partial charge >= 0.3 is 0 Å². The first-order chi connectivity index (χ1) is 10.7. The van der Waals surface area contributed by atoms with Gasteiger partial charge in [-0.25, -0.2) is 4.68 Å². The van der Waals surface area contributed by atoms with Gasteiger partial charge in [0.1, 0.15) is 6.33 Å². The Balaban J connectivity index is 1.60. The lowest BCUT2D eigenvalue weighted by Crippen LogP contribution is -2.42. The van der Waals surface area contributed by atoms with Crippen molar-refractivity contribution in [3.05, 3.63) is 36.2 Å². The van der Waals surface area contributed by atoms with E-state index in [1.165, 1.54) is 6.33 Å². The maximum atomic E-state index is 12.3. The van der Waals surface area contributed by atoms with Gasteiger partial charge in [-0.15, -0.1) is 5.10 Å². The molecule has 0 unspecified atom stereocenters. The molecule has 0 radical (unpaired) electrons. The van der Waals surface area contributed by atoms with E-state index in [4.69, 9.17) is 0 Å². The van der Waals surface area contributed by atoms with E-state index in [9.17, 15) is 4.79 Å². The Morgan fingerprint density at radius 1 is 1.32 bits per heavy atom. The van der Waals surface area contributed by atoms with Crippen LogP contribution in [0.1, 0.15) is 30.1 Å². The van der Waals surface area contributed by atoms with Gasteiger partial charge in [-0.1, -0.05) is 6.92 Å². The van der Waals surface area contributed by atoms with Gasteiger partial charge in [-0.05, 0) is 66.0 Å². The van der Waals surface area contributed by atoms with Crippen molar-refractivity contribution in [2.45, 2.75) is 19.8 Å². The molecule has 22 heavy (non-hydrogen) atoms. The zero-order valence-electron chi connectivity index (χ0n) is 12.6. The summed E-state index contributed by atoms with van der Waals surface area (Å²) in [5, 5.41) is 17.4. The standard InChI is InChI=1S/C15H20N6O/c1-15(6-8-16-9-7-15)10-17-14(22)12-2-4-13(5-3-12)21-11-18-19-20-21/h2-5,11,16H,6-10H2,1H3,(H,17,22). The molecule has 7 heteroatoms. The number of rotatable bonds is 4. The molecule has 2 aromatic rings. The second kappa shape index (κ2) is 6.23. The predicted octanol–water partition coefficient (Wildman–Crippen LogP) is 0.782. The molecule has 1 aromatic carbocycles. The summed E-state index contributed by atoms with van der Waals surface area (Å²) < 4.78 is 1.55. The molecule has 1 aliphatic heterocycles. The smallest absolute Gasteiger partial charge is 0.251 e. The second-order valence-corrected chi connectivity index (χ2v) is 6.04. The average molecular weight is 300 g/mol. The molecule has 2 N–H and O–H groups in total. The van der Waals surface area contributed by atoms with E-state index < -0.39 is 0 Å². The molecule has 1 aromatic heterocycles. The normalized spacial score (nSPS) is 17.1. The van der Waals surface area contributed by atoms with Crippen molar-refractivity contribution >= 4 is 5.91 Å². The quantitative estimate of drug-likeness (QED) is 0.871. The molecule has 0 aliphatic carbocycles. The molecule has 1 saturated heterocycles. The van der Waals surface area contributed by atoms with E-state index in [1.54, 1.807) is 16.8 Å². The number of benzene rings is 1. The van der Waals surface area contributed by atoms with Crippen LogP contribution < -0.4 is 10.6 Å². The summed E-state index contributed by atoms with van der Waals surface area (Å²) in [7, 11) is 0. The van der Waals surface area contributed by atoms with E-state index in [1.807, 2.05) is 12.1 Å². The molecular formula is C15H20N6O. The molecule has 0 spiro atoms. The van der Waals surface area contributed by atoms with Crippen LogP contribution in [0, 0.1) is 5.41 Å². The Kier molecular flexibility index (Phi) is 4.15. The Hall–Kier alpha value is -2.28. The first-order valence-corrected chi connectivity index (χ1v) is 7.49. The molecule has 3 rings (SSSR count). The lowest BCUT2D eigenvalue weighted by Gasteiger charge is -2.34. The third-order valence-electron chi connectivity index (χ3n) is 4.23. The molecule has 1 amide bonds. The van der Waals surface area contributed by atoms with Crippen LogP contribution in [-0.2, 0) is 0 Å². The predicted molar refractivity (Wildman–Crippen MR) is 81.7 cm³/mol. The number of nitrogens with one attached hydrogen (secondary N) is 2. The van der Waals surface area contributed by atoms with Gasteiger partial charge in [0.25, 0.3) is 5.91 Å². The zero-order valence-corrected chi connectivity index (χ0v) is 12.6. The molecule has 0 atom stereocenters. The fraction of sp³-hybridized carbons (Fsp3) is 0.467. The van der Waals surface area contributed by atoms with Crippen LogP contribution in [0.25, 0.3) is 5.69 Å². The van der Waals surface area contributed by atoms with Crippen LogP contribution in [0.3, 0.4) is 0 Å². The average Bonchev–Trinajstić information content (AvgIpc) is 3.08. The molecule has 1 aliphatic rings. The van der Waals surface area contributed by atoms with E-state index in [-0.39, 0.29) is 11.3 Å². The lowest BCUT2D eigenvalue weighted by molar-refractivity contribution is 0.0922. The van der Waals surface area contributed by atoms with Crippen LogP contribution in [0.5, 0.6) is 0 Å². The second-order valence-electron chi connectivity index (χ2n) is 6.04. The summed E-state index contributed by atoms with van der Waals surface area (Å²) in [6.45, 7) is 4.98. The fourth-order valence-corrected chi connectivity index (χ4v) is 2.65. The minimum atomic E-state index is -0.0389.